The lowest BCUT2D eigenvalue weighted by atomic mass is 9.90. The Bertz CT molecular complexity index is 307. The molecule has 4 heteroatoms. The number of aromatic nitrogens is 2. The van der Waals surface area contributed by atoms with E-state index in [0.29, 0.717) is 0 Å². The number of rotatable bonds is 7. The Labute approximate surface area is 97.8 Å². The van der Waals surface area contributed by atoms with Crippen molar-refractivity contribution in [2.45, 2.75) is 33.7 Å². The number of nitrogens with zero attached hydrogens (tertiary/aromatic N) is 1. The molecule has 16 heavy (non-hydrogen) atoms. The zero-order valence-corrected chi connectivity index (χ0v) is 10.8. The first-order valence-corrected chi connectivity index (χ1v) is 5.74. The van der Waals surface area contributed by atoms with E-state index in [1.165, 1.54) is 0 Å². The average Bonchev–Trinajstić information content (AvgIpc) is 2.61. The van der Waals surface area contributed by atoms with Crippen molar-refractivity contribution >= 4 is 0 Å². The Morgan fingerprint density at radius 2 is 2.25 bits per heavy atom. The Hall–Kier alpha value is -0.870. The van der Waals surface area contributed by atoms with Gasteiger partial charge in [-0.3, -0.25) is 0 Å². The van der Waals surface area contributed by atoms with Crippen LogP contribution >= 0.6 is 0 Å². The lowest BCUT2D eigenvalue weighted by Gasteiger charge is -2.24. The summed E-state index contributed by atoms with van der Waals surface area (Å²) in [5, 5.41) is 3.44. The normalized spacial score (nSPS) is 12.0. The molecule has 0 spiro atoms. The van der Waals surface area contributed by atoms with Gasteiger partial charge in [0.05, 0.1) is 0 Å². The van der Waals surface area contributed by atoms with Crippen LogP contribution in [0.15, 0.2) is 6.20 Å². The van der Waals surface area contributed by atoms with Crippen LogP contribution in [0.4, 0.5) is 0 Å². The third-order valence-corrected chi connectivity index (χ3v) is 2.66. The molecule has 0 saturated heterocycles. The van der Waals surface area contributed by atoms with Crippen LogP contribution in [0.25, 0.3) is 0 Å². The minimum Gasteiger partial charge on any atom is -0.385 e. The van der Waals surface area contributed by atoms with E-state index in [1.807, 2.05) is 13.1 Å². The molecule has 1 aromatic heterocycles. The summed E-state index contributed by atoms with van der Waals surface area (Å²) in [6, 6.07) is 0. The summed E-state index contributed by atoms with van der Waals surface area (Å²) in [7, 11) is 1.75. The van der Waals surface area contributed by atoms with E-state index >= 15 is 0 Å². The van der Waals surface area contributed by atoms with Gasteiger partial charge in [0.15, 0.2) is 0 Å². The van der Waals surface area contributed by atoms with Crippen LogP contribution in [0.2, 0.25) is 0 Å². The predicted octanol–water partition coefficient (Wildman–Crippen LogP) is 1.87. The Balaban J connectivity index is 2.24. The predicted molar refractivity (Wildman–Crippen MR) is 65.3 cm³/mol. The van der Waals surface area contributed by atoms with Crippen LogP contribution < -0.4 is 5.32 Å². The standard InChI is InChI=1S/C12H23N3O/c1-10-14-8-11(15-10)7-13-9-12(2,3)5-6-16-4/h8,13H,5-7,9H2,1-4H3,(H,14,15). The molecule has 0 aliphatic carbocycles. The molecule has 1 aromatic rings. The Kier molecular flexibility index (Phi) is 4.96. The number of hydrogen-bond donors (Lipinski definition) is 2. The molecule has 0 bridgehead atoms. The maximum atomic E-state index is 5.10. The quantitative estimate of drug-likeness (QED) is 0.745. The fourth-order valence-electron chi connectivity index (χ4n) is 1.56. The highest BCUT2D eigenvalue weighted by atomic mass is 16.5. The SMILES string of the molecule is COCCC(C)(C)CNCc1cnc(C)[nH]1. The van der Waals surface area contributed by atoms with Gasteiger partial charge in [0.1, 0.15) is 5.82 Å². The lowest BCUT2D eigenvalue weighted by molar-refractivity contribution is 0.150. The molecule has 0 aliphatic rings. The maximum Gasteiger partial charge on any atom is 0.103 e. The van der Waals surface area contributed by atoms with Gasteiger partial charge in [0, 0.05) is 38.7 Å². The number of aromatic amines is 1. The molecule has 0 unspecified atom stereocenters. The van der Waals surface area contributed by atoms with E-state index in [2.05, 4.69) is 29.1 Å². The van der Waals surface area contributed by atoms with E-state index in [4.69, 9.17) is 4.74 Å². The average molecular weight is 225 g/mol. The first-order valence-electron chi connectivity index (χ1n) is 5.74. The molecular weight excluding hydrogens is 202 g/mol. The second kappa shape index (κ2) is 6.01. The molecule has 0 radical (unpaired) electrons. The zero-order chi connectivity index (χ0) is 12.0. The largest absolute Gasteiger partial charge is 0.385 e. The number of nitrogens with one attached hydrogen (secondary N) is 2. The molecule has 0 amide bonds. The molecule has 0 saturated carbocycles. The van der Waals surface area contributed by atoms with Gasteiger partial charge in [0.2, 0.25) is 0 Å². The van der Waals surface area contributed by atoms with Gasteiger partial charge >= 0.3 is 0 Å². The fourth-order valence-corrected chi connectivity index (χ4v) is 1.56. The van der Waals surface area contributed by atoms with Gasteiger partial charge in [0.25, 0.3) is 0 Å². The molecule has 92 valence electrons. The molecule has 0 aliphatic heterocycles. The summed E-state index contributed by atoms with van der Waals surface area (Å²) in [4.78, 5) is 7.37. The van der Waals surface area contributed by atoms with Crippen LogP contribution in [0.3, 0.4) is 0 Å². The minimum absolute atomic E-state index is 0.269. The van der Waals surface area contributed by atoms with Gasteiger partial charge in [-0.1, -0.05) is 13.8 Å². The summed E-state index contributed by atoms with van der Waals surface area (Å²) in [6.45, 7) is 9.10. The molecule has 0 atom stereocenters. The van der Waals surface area contributed by atoms with Gasteiger partial charge in [-0.25, -0.2) is 4.98 Å². The van der Waals surface area contributed by atoms with Crippen molar-refractivity contribution in [2.24, 2.45) is 5.41 Å². The van der Waals surface area contributed by atoms with Gasteiger partial charge in [-0.05, 0) is 18.8 Å². The topological polar surface area (TPSA) is 49.9 Å². The highest BCUT2D eigenvalue weighted by Crippen LogP contribution is 2.18. The van der Waals surface area contributed by atoms with E-state index in [1.54, 1.807) is 7.11 Å². The number of H-pyrrole nitrogens is 1. The summed E-state index contributed by atoms with van der Waals surface area (Å²) in [6.07, 6.45) is 2.95. The third kappa shape index (κ3) is 4.77. The minimum atomic E-state index is 0.269. The summed E-state index contributed by atoms with van der Waals surface area (Å²) in [5.41, 5.74) is 1.41. The van der Waals surface area contributed by atoms with Gasteiger partial charge in [-0.15, -0.1) is 0 Å². The number of aryl methyl sites for hydroxylation is 1. The summed E-state index contributed by atoms with van der Waals surface area (Å²) < 4.78 is 5.10. The van der Waals surface area contributed by atoms with E-state index in [-0.39, 0.29) is 5.41 Å². The van der Waals surface area contributed by atoms with Crippen molar-refractivity contribution in [1.82, 2.24) is 15.3 Å². The number of hydrogen-bond acceptors (Lipinski definition) is 3. The second-order valence-corrected chi connectivity index (χ2v) is 5.00. The van der Waals surface area contributed by atoms with Crippen molar-refractivity contribution in [3.05, 3.63) is 17.7 Å². The van der Waals surface area contributed by atoms with E-state index in [9.17, 15) is 0 Å². The molecular formula is C12H23N3O. The second-order valence-electron chi connectivity index (χ2n) is 5.00. The van der Waals surface area contributed by atoms with Crippen LogP contribution in [0.5, 0.6) is 0 Å². The van der Waals surface area contributed by atoms with Crippen molar-refractivity contribution < 1.29 is 4.74 Å². The molecule has 2 N–H and O–H groups in total. The van der Waals surface area contributed by atoms with Gasteiger partial charge < -0.3 is 15.0 Å². The highest BCUT2D eigenvalue weighted by molar-refractivity contribution is 4.99. The zero-order valence-electron chi connectivity index (χ0n) is 10.8. The number of methoxy groups -OCH3 is 1. The highest BCUT2D eigenvalue weighted by Gasteiger charge is 2.16. The number of imidazole rings is 1. The molecule has 1 heterocycles. The Morgan fingerprint density at radius 3 is 2.81 bits per heavy atom. The molecule has 0 fully saturated rings. The fraction of sp³-hybridized carbons (Fsp3) is 0.750. The number of ether oxygens (including phenoxy) is 1. The van der Waals surface area contributed by atoms with Gasteiger partial charge in [-0.2, -0.15) is 0 Å². The molecule has 0 aromatic carbocycles. The van der Waals surface area contributed by atoms with Crippen LogP contribution in [0.1, 0.15) is 31.8 Å². The van der Waals surface area contributed by atoms with Crippen molar-refractivity contribution in [2.75, 3.05) is 20.3 Å². The summed E-state index contributed by atoms with van der Waals surface area (Å²) >= 11 is 0. The van der Waals surface area contributed by atoms with Crippen molar-refractivity contribution in [3.63, 3.8) is 0 Å². The first kappa shape index (κ1) is 13.2. The van der Waals surface area contributed by atoms with Crippen LogP contribution in [0, 0.1) is 12.3 Å². The monoisotopic (exact) mass is 225 g/mol. The lowest BCUT2D eigenvalue weighted by Crippen LogP contribution is -2.30. The van der Waals surface area contributed by atoms with Crippen LogP contribution in [-0.4, -0.2) is 30.2 Å². The molecule has 1 rings (SSSR count). The summed E-state index contributed by atoms with van der Waals surface area (Å²) in [5.74, 6) is 0.968. The molecule has 4 nitrogen and oxygen atoms in total. The smallest absolute Gasteiger partial charge is 0.103 e. The van der Waals surface area contributed by atoms with E-state index in [0.717, 1.165) is 37.6 Å². The third-order valence-electron chi connectivity index (χ3n) is 2.66. The van der Waals surface area contributed by atoms with Crippen molar-refractivity contribution in [1.29, 1.82) is 0 Å². The first-order chi connectivity index (χ1) is 7.53. The Morgan fingerprint density at radius 1 is 1.50 bits per heavy atom. The van der Waals surface area contributed by atoms with E-state index < -0.39 is 0 Å². The maximum absolute atomic E-state index is 5.10. The van der Waals surface area contributed by atoms with Crippen LogP contribution in [-0.2, 0) is 11.3 Å². The van der Waals surface area contributed by atoms with Crippen molar-refractivity contribution in [3.8, 4) is 0 Å².